The van der Waals surface area contributed by atoms with Gasteiger partial charge in [-0.2, -0.15) is 5.26 Å². The Morgan fingerprint density at radius 1 is 1.24 bits per heavy atom. The molecule has 0 spiro atoms. The molecule has 0 unspecified atom stereocenters. The molecule has 3 aromatic rings. The van der Waals surface area contributed by atoms with Crippen molar-refractivity contribution in [3.05, 3.63) is 59.4 Å². The van der Waals surface area contributed by atoms with Crippen LogP contribution in [-0.2, 0) is 19.4 Å². The molecule has 0 aliphatic carbocycles. The lowest BCUT2D eigenvalue weighted by atomic mass is 9.83. The first-order valence-corrected chi connectivity index (χ1v) is 17.9. The number of pyridine rings is 1. The quantitative estimate of drug-likeness (QED) is 0.170. The van der Waals surface area contributed by atoms with E-state index in [4.69, 9.17) is 14.1 Å². The molecule has 4 rings (SSSR count). The highest BCUT2D eigenvalue weighted by atomic mass is 28.4. The maximum Gasteiger partial charge on any atom is 0.329 e. The number of hydrogen-bond acceptors (Lipinski definition) is 10. The number of hydrogen-bond donors (Lipinski definition) is 1. The van der Waals surface area contributed by atoms with Crippen LogP contribution in [0.25, 0.3) is 17.3 Å². The average molecular weight is 639 g/mol. The number of carbonyl (C=O) groups excluding carboxylic acids is 2. The number of carbonyl (C=O) groups is 2. The molecule has 1 aliphatic rings. The van der Waals surface area contributed by atoms with E-state index in [-0.39, 0.29) is 10.9 Å². The summed E-state index contributed by atoms with van der Waals surface area (Å²) in [5.41, 5.74) is 4.04. The van der Waals surface area contributed by atoms with E-state index in [0.717, 1.165) is 17.3 Å². The number of nitrogens with one attached hydrogen (secondary N) is 1. The first-order chi connectivity index (χ1) is 21.6. The molecule has 2 aromatic heterocycles. The maximum absolute atomic E-state index is 11.9. The molecule has 1 aliphatic heterocycles. The summed E-state index contributed by atoms with van der Waals surface area (Å²) < 4.78 is 12.2. The Labute approximate surface area is 273 Å². The van der Waals surface area contributed by atoms with Gasteiger partial charge < -0.3 is 29.0 Å². The molecule has 3 heterocycles. The van der Waals surface area contributed by atoms with E-state index in [1.54, 1.807) is 50.6 Å². The van der Waals surface area contributed by atoms with Gasteiger partial charge in [0.25, 0.3) is 0 Å². The van der Waals surface area contributed by atoms with Crippen LogP contribution in [0.2, 0.25) is 18.1 Å². The van der Waals surface area contributed by atoms with Gasteiger partial charge in [0.1, 0.15) is 17.9 Å². The van der Waals surface area contributed by atoms with Crippen molar-refractivity contribution in [3.8, 4) is 23.2 Å². The standard InChI is InChI=1S/C33H41BN7O4Si/c1-32(2,3)46(8,9)45-20-33(4)19-41(34-21-42)29-23(18-35)16-22(17-25(29)33)26-14-15-36-31(38-26)39-27-12-10-24(37-30(27)44-7)11-13-28(43)40(5)6/h10-17,21H,19-20H2,1-9H3,(H,36,38,39)/b13-11+/t33-/m1/s1. The number of ether oxygens (including phenoxy) is 1. The van der Waals surface area contributed by atoms with Gasteiger partial charge in [-0.1, -0.05) is 27.7 Å². The lowest BCUT2D eigenvalue weighted by Crippen LogP contribution is -2.46. The van der Waals surface area contributed by atoms with Crippen molar-refractivity contribution >= 4 is 51.2 Å². The van der Waals surface area contributed by atoms with Crippen molar-refractivity contribution in [2.45, 2.75) is 51.2 Å². The summed E-state index contributed by atoms with van der Waals surface area (Å²) in [6, 6.07) is 11.5. The second-order valence-electron chi connectivity index (χ2n) is 13.3. The fraction of sp³-hybridized carbons (Fsp3) is 0.394. The van der Waals surface area contributed by atoms with Gasteiger partial charge in [-0.25, -0.2) is 15.0 Å². The lowest BCUT2D eigenvalue weighted by Gasteiger charge is -2.39. The predicted molar refractivity (Wildman–Crippen MR) is 184 cm³/mol. The summed E-state index contributed by atoms with van der Waals surface area (Å²) >= 11 is 0. The molecule has 1 amide bonds. The number of benzene rings is 1. The minimum Gasteiger partial charge on any atom is -0.479 e. The van der Waals surface area contributed by atoms with Gasteiger partial charge in [0.05, 0.1) is 24.1 Å². The highest BCUT2D eigenvalue weighted by Gasteiger charge is 2.44. The largest absolute Gasteiger partial charge is 0.479 e. The van der Waals surface area contributed by atoms with Crippen LogP contribution in [-0.4, -0.2) is 82.0 Å². The Morgan fingerprint density at radius 3 is 2.61 bits per heavy atom. The van der Waals surface area contributed by atoms with Crippen LogP contribution in [0.4, 0.5) is 17.3 Å². The zero-order chi connectivity index (χ0) is 33.9. The molecule has 13 heteroatoms. The number of rotatable bonds is 11. The topological polar surface area (TPSA) is 134 Å². The number of nitrogens with zero attached hydrogens (tertiary/aromatic N) is 6. The second kappa shape index (κ2) is 13.4. The van der Waals surface area contributed by atoms with Gasteiger partial charge in [0.2, 0.25) is 17.7 Å². The summed E-state index contributed by atoms with van der Waals surface area (Å²) in [6.07, 6.45) is 5.44. The summed E-state index contributed by atoms with van der Waals surface area (Å²) in [4.78, 5) is 40.5. The van der Waals surface area contributed by atoms with Crippen LogP contribution in [0.5, 0.6) is 5.88 Å². The predicted octanol–water partition coefficient (Wildman–Crippen LogP) is 5.17. The van der Waals surface area contributed by atoms with Gasteiger partial charge in [0, 0.05) is 56.2 Å². The van der Waals surface area contributed by atoms with Crippen LogP contribution in [0, 0.1) is 11.3 Å². The van der Waals surface area contributed by atoms with Crippen molar-refractivity contribution in [1.82, 2.24) is 19.9 Å². The number of methoxy groups -OCH3 is 1. The first kappa shape index (κ1) is 34.3. The van der Waals surface area contributed by atoms with Crippen LogP contribution >= 0.6 is 0 Å². The minimum atomic E-state index is -2.08. The minimum absolute atomic E-state index is 0.0315. The van der Waals surface area contributed by atoms with Crippen molar-refractivity contribution < 1.29 is 18.8 Å². The Balaban J connectivity index is 1.69. The third-order valence-electron chi connectivity index (χ3n) is 8.60. The molecule has 1 aromatic carbocycles. The Bertz CT molecular complexity index is 1700. The Kier molecular flexibility index (Phi) is 10.0. The molecule has 1 radical (unpaired) electrons. The monoisotopic (exact) mass is 638 g/mol. The number of aromatic nitrogens is 3. The maximum atomic E-state index is 11.9. The molecule has 0 saturated carbocycles. The highest BCUT2D eigenvalue weighted by Crippen LogP contribution is 2.46. The Morgan fingerprint density at radius 2 is 1.98 bits per heavy atom. The van der Waals surface area contributed by atoms with Crippen molar-refractivity contribution in [1.29, 1.82) is 5.26 Å². The van der Waals surface area contributed by atoms with E-state index >= 15 is 0 Å². The molecule has 0 fully saturated rings. The fourth-order valence-corrected chi connectivity index (χ4v) is 5.97. The number of nitriles is 1. The van der Waals surface area contributed by atoms with Gasteiger partial charge in [-0.3, -0.25) is 4.79 Å². The molecule has 0 saturated heterocycles. The lowest BCUT2D eigenvalue weighted by molar-refractivity contribution is -0.123. The van der Waals surface area contributed by atoms with E-state index in [9.17, 15) is 14.9 Å². The van der Waals surface area contributed by atoms with Crippen LogP contribution in [0.15, 0.2) is 42.6 Å². The molecular formula is C33H41BN7O4Si. The van der Waals surface area contributed by atoms with Gasteiger partial charge in [0.15, 0.2) is 8.32 Å². The number of anilines is 3. The summed E-state index contributed by atoms with van der Waals surface area (Å²) in [5, 5.41) is 13.4. The third-order valence-corrected chi connectivity index (χ3v) is 13.1. The molecule has 46 heavy (non-hydrogen) atoms. The van der Waals surface area contributed by atoms with E-state index < -0.39 is 13.7 Å². The molecule has 11 nitrogen and oxygen atoms in total. The van der Waals surface area contributed by atoms with Crippen molar-refractivity contribution in [3.63, 3.8) is 0 Å². The fourth-order valence-electron chi connectivity index (χ4n) is 4.86. The SMILES string of the molecule is COc1nc(/C=C/C(=O)N(C)C)ccc1Nc1nccc(-c2cc(C#N)c3c(c2)[C@@](C)(CO[Si](C)(C)C(C)(C)C)CN3[B]C=O)n1. The number of likely N-dealkylation sites (N-methyl/N-ethyl adjacent to an activating group) is 1. The summed E-state index contributed by atoms with van der Waals surface area (Å²) in [7, 11) is 4.26. The normalized spacial score (nSPS) is 16.1. The van der Waals surface area contributed by atoms with E-state index in [0.29, 0.717) is 53.3 Å². The zero-order valence-electron chi connectivity index (χ0n) is 28.0. The first-order valence-electron chi connectivity index (χ1n) is 14.9. The molecule has 239 valence electrons. The molecule has 1 atom stereocenters. The summed E-state index contributed by atoms with van der Waals surface area (Å²) in [6.45, 7) is 14.1. The molecule has 0 bridgehead atoms. The van der Waals surface area contributed by atoms with E-state index in [1.807, 2.05) is 10.9 Å². The van der Waals surface area contributed by atoms with Crippen LogP contribution in [0.1, 0.15) is 44.5 Å². The van der Waals surface area contributed by atoms with E-state index in [2.05, 4.69) is 62.1 Å². The summed E-state index contributed by atoms with van der Waals surface area (Å²) in [5.74, 6) is 0.460. The smallest absolute Gasteiger partial charge is 0.329 e. The number of fused-ring (bicyclic) bond motifs is 1. The van der Waals surface area contributed by atoms with Crippen LogP contribution in [0.3, 0.4) is 0 Å². The zero-order valence-corrected chi connectivity index (χ0v) is 29.0. The van der Waals surface area contributed by atoms with Gasteiger partial charge in [-0.15, -0.1) is 0 Å². The van der Waals surface area contributed by atoms with Crippen molar-refractivity contribution in [2.75, 3.05) is 44.5 Å². The van der Waals surface area contributed by atoms with Gasteiger partial charge >= 0.3 is 7.41 Å². The molecular weight excluding hydrogens is 597 g/mol. The average Bonchev–Trinajstić information content (AvgIpc) is 3.30. The third kappa shape index (κ3) is 7.29. The second-order valence-corrected chi connectivity index (χ2v) is 18.1. The van der Waals surface area contributed by atoms with Crippen LogP contribution < -0.4 is 14.9 Å². The Hall–Kier alpha value is -4.54. The number of amides is 1. The molecule has 1 N–H and O–H groups in total. The van der Waals surface area contributed by atoms with Crippen molar-refractivity contribution in [2.24, 2.45) is 0 Å². The van der Waals surface area contributed by atoms with Gasteiger partial charge in [-0.05, 0) is 60.1 Å². The van der Waals surface area contributed by atoms with E-state index in [1.165, 1.54) is 25.5 Å². The highest BCUT2D eigenvalue weighted by molar-refractivity contribution is 6.74.